The molecule has 0 bridgehead atoms. The van der Waals surface area contributed by atoms with Gasteiger partial charge in [-0.1, -0.05) is 6.92 Å². The Balaban J connectivity index is 2.13. The summed E-state index contributed by atoms with van der Waals surface area (Å²) in [7, 11) is 0. The van der Waals surface area contributed by atoms with E-state index in [4.69, 9.17) is 0 Å². The van der Waals surface area contributed by atoms with Crippen LogP contribution in [0.3, 0.4) is 0 Å². The van der Waals surface area contributed by atoms with E-state index in [0.717, 1.165) is 0 Å². The lowest BCUT2D eigenvalue weighted by molar-refractivity contribution is -0.142. The summed E-state index contributed by atoms with van der Waals surface area (Å²) in [6, 6.07) is -1.92. The van der Waals surface area contributed by atoms with Crippen LogP contribution < -0.4 is 5.32 Å². The van der Waals surface area contributed by atoms with Gasteiger partial charge in [0.2, 0.25) is 5.01 Å². The van der Waals surface area contributed by atoms with Gasteiger partial charge >= 0.3 is 18.3 Å². The van der Waals surface area contributed by atoms with Crippen LogP contribution in [0.1, 0.15) is 59.0 Å². The Labute approximate surface area is 193 Å². The van der Waals surface area contributed by atoms with Gasteiger partial charge < -0.3 is 15.3 Å². The second kappa shape index (κ2) is 9.39. The fourth-order valence-corrected chi connectivity index (χ4v) is 4.57. The maximum atomic E-state index is 13.9. The summed E-state index contributed by atoms with van der Waals surface area (Å²) in [5.41, 5.74) is -2.48. The number of aromatic carboxylic acids is 1. The summed E-state index contributed by atoms with van der Waals surface area (Å²) in [6.07, 6.45) is -8.18. The van der Waals surface area contributed by atoms with Crippen LogP contribution in [0.2, 0.25) is 0 Å². The fourth-order valence-electron chi connectivity index (χ4n) is 3.65. The molecule has 0 saturated carbocycles. The lowest BCUT2D eigenvalue weighted by Gasteiger charge is -2.22. The molecule has 3 heterocycles. The van der Waals surface area contributed by atoms with Crippen LogP contribution in [0.15, 0.2) is 12.3 Å². The van der Waals surface area contributed by atoms with Crippen LogP contribution in [-0.4, -0.2) is 56.7 Å². The second-order valence-corrected chi connectivity index (χ2v) is 8.75. The number of likely N-dealkylation sites (tertiary alicyclic amines) is 1. The van der Waals surface area contributed by atoms with Crippen molar-refractivity contribution in [2.75, 3.05) is 11.9 Å². The molecular formula is C20H20F6N4O3S. The van der Waals surface area contributed by atoms with Crippen LogP contribution in [0.25, 0.3) is 10.4 Å². The molecule has 2 atom stereocenters. The number of alkyl halides is 6. The van der Waals surface area contributed by atoms with Crippen LogP contribution in [0, 0.1) is 0 Å². The Morgan fingerprint density at radius 3 is 2.47 bits per heavy atom. The lowest BCUT2D eigenvalue weighted by Crippen LogP contribution is -2.35. The van der Waals surface area contributed by atoms with Crippen molar-refractivity contribution in [2.24, 2.45) is 0 Å². The molecule has 14 heteroatoms. The Hall–Kier alpha value is -2.90. The van der Waals surface area contributed by atoms with E-state index in [0.29, 0.717) is 43.0 Å². The highest BCUT2D eigenvalue weighted by Gasteiger charge is 2.41. The first-order valence-electron chi connectivity index (χ1n) is 10.2. The number of amides is 1. The normalized spacial score (nSPS) is 17.6. The van der Waals surface area contributed by atoms with Gasteiger partial charge in [0.15, 0.2) is 0 Å². The largest absolute Gasteiger partial charge is 0.476 e. The van der Waals surface area contributed by atoms with Crippen molar-refractivity contribution in [3.63, 3.8) is 0 Å². The van der Waals surface area contributed by atoms with Crippen molar-refractivity contribution in [3.8, 4) is 10.4 Å². The van der Waals surface area contributed by atoms with Gasteiger partial charge in [-0.15, -0.1) is 11.3 Å². The standard InChI is InChI=1S/C20H20F6N4O3S/c1-3-12(20(24,25)26)28-13-7-11(19(21,22)23)10(8-27-13)15-14(29-16(34-15)18(32)33)17(31)30-6-4-5-9(30)2/h7-9,12H,3-6H2,1-2H3,(H,27,28)(H,32,33)/t9-,12-/m0/s1. The zero-order valence-electron chi connectivity index (χ0n) is 17.9. The van der Waals surface area contributed by atoms with E-state index in [1.165, 1.54) is 11.8 Å². The topological polar surface area (TPSA) is 95.4 Å². The predicted octanol–water partition coefficient (Wildman–Crippen LogP) is 5.30. The van der Waals surface area contributed by atoms with Gasteiger partial charge in [-0.2, -0.15) is 26.3 Å². The number of nitrogens with zero attached hydrogens (tertiary/aromatic N) is 3. The summed E-state index contributed by atoms with van der Waals surface area (Å²) < 4.78 is 81.0. The molecule has 7 nitrogen and oxygen atoms in total. The third-order valence-corrected chi connectivity index (χ3v) is 6.48. The first kappa shape index (κ1) is 25.7. The average molecular weight is 510 g/mol. The minimum absolute atomic E-state index is 0.213. The Morgan fingerprint density at radius 1 is 1.29 bits per heavy atom. The molecule has 1 saturated heterocycles. The molecule has 1 fully saturated rings. The highest BCUT2D eigenvalue weighted by atomic mass is 32.1. The summed E-state index contributed by atoms with van der Waals surface area (Å²) in [6.45, 7) is 3.30. The van der Waals surface area contributed by atoms with Gasteiger partial charge in [0.05, 0.1) is 10.4 Å². The first-order chi connectivity index (χ1) is 15.7. The van der Waals surface area contributed by atoms with Crippen molar-refractivity contribution in [3.05, 3.63) is 28.5 Å². The molecule has 1 aliphatic rings. The number of carbonyl (C=O) groups excluding carboxylic acids is 1. The number of anilines is 1. The average Bonchev–Trinajstić information content (AvgIpc) is 3.36. The third kappa shape index (κ3) is 5.26. The van der Waals surface area contributed by atoms with E-state index in [-0.39, 0.29) is 10.9 Å². The Morgan fingerprint density at radius 2 is 1.97 bits per heavy atom. The number of thiazole rings is 1. The molecule has 2 N–H and O–H groups in total. The summed E-state index contributed by atoms with van der Waals surface area (Å²) in [5.74, 6) is -2.91. The van der Waals surface area contributed by atoms with Crippen LogP contribution in [0.4, 0.5) is 32.2 Å². The molecule has 0 aromatic carbocycles. The predicted molar refractivity (Wildman–Crippen MR) is 111 cm³/mol. The van der Waals surface area contributed by atoms with Crippen molar-refractivity contribution < 1.29 is 41.0 Å². The summed E-state index contributed by atoms with van der Waals surface area (Å²) in [4.78, 5) is 33.0. The van der Waals surface area contributed by atoms with Crippen LogP contribution >= 0.6 is 11.3 Å². The maximum absolute atomic E-state index is 13.9. The van der Waals surface area contributed by atoms with E-state index >= 15 is 0 Å². The second-order valence-electron chi connectivity index (χ2n) is 7.75. The number of halogens is 6. The maximum Gasteiger partial charge on any atom is 0.417 e. The highest BCUT2D eigenvalue weighted by Crippen LogP contribution is 2.42. The first-order valence-corrected chi connectivity index (χ1v) is 11.0. The zero-order valence-corrected chi connectivity index (χ0v) is 18.7. The van der Waals surface area contributed by atoms with Crippen molar-refractivity contribution in [1.29, 1.82) is 0 Å². The molecule has 0 unspecified atom stereocenters. The smallest absolute Gasteiger partial charge is 0.417 e. The Bertz CT molecular complexity index is 1090. The molecule has 3 rings (SSSR count). The highest BCUT2D eigenvalue weighted by molar-refractivity contribution is 7.17. The molecule has 1 amide bonds. The van der Waals surface area contributed by atoms with E-state index in [1.54, 1.807) is 6.92 Å². The number of aromatic nitrogens is 2. The number of carbonyl (C=O) groups is 2. The monoisotopic (exact) mass is 510 g/mol. The molecule has 34 heavy (non-hydrogen) atoms. The molecule has 0 aliphatic carbocycles. The van der Waals surface area contributed by atoms with E-state index in [2.05, 4.69) is 9.97 Å². The quantitative estimate of drug-likeness (QED) is 0.513. The number of hydrogen-bond acceptors (Lipinski definition) is 6. The molecule has 2 aromatic rings. The summed E-state index contributed by atoms with van der Waals surface area (Å²) >= 11 is 0.369. The van der Waals surface area contributed by atoms with E-state index in [1.807, 2.05) is 5.32 Å². The molecule has 0 radical (unpaired) electrons. The molecule has 186 valence electrons. The SMILES string of the molecule is CC[C@H](Nc1cc(C(F)(F)F)c(-c2sc(C(=O)O)nc2C(=O)N2CCC[C@@H]2C)cn1)C(F)(F)F. The van der Waals surface area contributed by atoms with Gasteiger partial charge in [-0.3, -0.25) is 4.79 Å². The van der Waals surface area contributed by atoms with Gasteiger partial charge in [0.1, 0.15) is 17.6 Å². The van der Waals surface area contributed by atoms with Crippen molar-refractivity contribution >= 4 is 29.0 Å². The number of nitrogens with one attached hydrogen (secondary N) is 1. The lowest BCUT2D eigenvalue weighted by atomic mass is 10.1. The molecule has 1 aliphatic heterocycles. The minimum Gasteiger partial charge on any atom is -0.476 e. The number of pyridine rings is 1. The zero-order chi connectivity index (χ0) is 25.4. The number of rotatable bonds is 6. The summed E-state index contributed by atoms with van der Waals surface area (Å²) in [5, 5.41) is 10.7. The van der Waals surface area contributed by atoms with E-state index < -0.39 is 64.3 Å². The fraction of sp³-hybridized carbons (Fsp3) is 0.500. The molecule has 0 spiro atoms. The number of carboxylic acids is 1. The van der Waals surface area contributed by atoms with Gasteiger partial charge in [-0.05, 0) is 32.3 Å². The van der Waals surface area contributed by atoms with E-state index in [9.17, 15) is 41.0 Å². The van der Waals surface area contributed by atoms with Gasteiger partial charge in [-0.25, -0.2) is 14.8 Å². The van der Waals surface area contributed by atoms with Gasteiger partial charge in [0.25, 0.3) is 5.91 Å². The number of hydrogen-bond donors (Lipinski definition) is 2. The molecular weight excluding hydrogens is 490 g/mol. The number of carboxylic acid groups (broad SMARTS) is 1. The van der Waals surface area contributed by atoms with Crippen molar-refractivity contribution in [1.82, 2.24) is 14.9 Å². The minimum atomic E-state index is -5.04. The van der Waals surface area contributed by atoms with Crippen molar-refractivity contribution in [2.45, 2.75) is 57.5 Å². The van der Waals surface area contributed by atoms with Gasteiger partial charge in [0, 0.05) is 24.3 Å². The van der Waals surface area contributed by atoms with Crippen LogP contribution in [-0.2, 0) is 6.18 Å². The van der Waals surface area contributed by atoms with Crippen LogP contribution in [0.5, 0.6) is 0 Å². The molecule has 2 aromatic heterocycles. The Kier molecular flexibility index (Phi) is 7.10. The third-order valence-electron chi connectivity index (χ3n) is 5.41.